The summed E-state index contributed by atoms with van der Waals surface area (Å²) in [5.74, 6) is 0.879. The Kier molecular flexibility index (Phi) is 5.53. The van der Waals surface area contributed by atoms with E-state index in [2.05, 4.69) is 29.6 Å². The summed E-state index contributed by atoms with van der Waals surface area (Å²) >= 11 is 0. The number of piperidine rings is 1. The maximum absolute atomic E-state index is 5.69. The van der Waals surface area contributed by atoms with Gasteiger partial charge >= 0.3 is 0 Å². The van der Waals surface area contributed by atoms with Crippen molar-refractivity contribution in [1.29, 1.82) is 0 Å². The van der Waals surface area contributed by atoms with Crippen molar-refractivity contribution in [2.45, 2.75) is 32.3 Å². The Morgan fingerprint density at radius 2 is 2.12 bits per heavy atom. The van der Waals surface area contributed by atoms with Gasteiger partial charge in [-0.05, 0) is 50.3 Å². The molecule has 1 unspecified atom stereocenters. The van der Waals surface area contributed by atoms with Crippen LogP contribution in [0.3, 0.4) is 0 Å². The number of hydrogen-bond donors (Lipinski definition) is 1. The SMILES string of the molecule is c1ccc(COCCCC2CCCNC2)cc1. The highest BCUT2D eigenvalue weighted by molar-refractivity contribution is 5.13. The lowest BCUT2D eigenvalue weighted by Gasteiger charge is -2.22. The van der Waals surface area contributed by atoms with Crippen LogP contribution in [0.15, 0.2) is 30.3 Å². The predicted octanol–water partition coefficient (Wildman–Crippen LogP) is 2.98. The zero-order valence-electron chi connectivity index (χ0n) is 10.5. The molecule has 1 fully saturated rings. The first kappa shape index (κ1) is 12.6. The molecule has 94 valence electrons. The van der Waals surface area contributed by atoms with Crippen LogP contribution in [0.1, 0.15) is 31.2 Å². The van der Waals surface area contributed by atoms with Crippen LogP contribution in [-0.2, 0) is 11.3 Å². The van der Waals surface area contributed by atoms with E-state index < -0.39 is 0 Å². The Labute approximate surface area is 104 Å². The van der Waals surface area contributed by atoms with E-state index >= 15 is 0 Å². The van der Waals surface area contributed by atoms with Gasteiger partial charge in [-0.25, -0.2) is 0 Å². The van der Waals surface area contributed by atoms with Crippen molar-refractivity contribution in [3.05, 3.63) is 35.9 Å². The average Bonchev–Trinajstić information content (AvgIpc) is 2.41. The van der Waals surface area contributed by atoms with Crippen LogP contribution in [0, 0.1) is 5.92 Å². The number of rotatable bonds is 6. The summed E-state index contributed by atoms with van der Waals surface area (Å²) in [6.07, 6.45) is 5.24. The molecule has 1 aromatic carbocycles. The molecule has 0 saturated carbocycles. The molecular weight excluding hydrogens is 210 g/mol. The highest BCUT2D eigenvalue weighted by Crippen LogP contribution is 2.15. The summed E-state index contributed by atoms with van der Waals surface area (Å²) < 4.78 is 5.69. The molecule has 0 amide bonds. The van der Waals surface area contributed by atoms with Gasteiger partial charge in [-0.1, -0.05) is 30.3 Å². The van der Waals surface area contributed by atoms with Crippen molar-refractivity contribution < 1.29 is 4.74 Å². The summed E-state index contributed by atoms with van der Waals surface area (Å²) in [5.41, 5.74) is 1.27. The summed E-state index contributed by atoms with van der Waals surface area (Å²) in [4.78, 5) is 0. The van der Waals surface area contributed by atoms with Crippen LogP contribution in [0.4, 0.5) is 0 Å². The first-order valence-electron chi connectivity index (χ1n) is 6.77. The minimum atomic E-state index is 0.754. The molecule has 2 nitrogen and oxygen atoms in total. The van der Waals surface area contributed by atoms with Gasteiger partial charge in [0.05, 0.1) is 6.61 Å². The molecule has 1 N–H and O–H groups in total. The molecule has 2 heteroatoms. The first-order chi connectivity index (χ1) is 8.45. The van der Waals surface area contributed by atoms with Gasteiger partial charge in [-0.2, -0.15) is 0 Å². The number of nitrogens with one attached hydrogen (secondary N) is 1. The van der Waals surface area contributed by atoms with Crippen LogP contribution in [0.25, 0.3) is 0 Å². The molecule has 1 aromatic rings. The Morgan fingerprint density at radius 3 is 2.88 bits per heavy atom. The average molecular weight is 233 g/mol. The first-order valence-corrected chi connectivity index (χ1v) is 6.77. The van der Waals surface area contributed by atoms with Crippen molar-refractivity contribution in [3.8, 4) is 0 Å². The summed E-state index contributed by atoms with van der Waals surface area (Å²) in [6, 6.07) is 10.4. The standard InChI is InChI=1S/C15H23NO/c1-2-6-15(7-3-1)13-17-11-5-9-14-8-4-10-16-12-14/h1-3,6-7,14,16H,4-5,8-13H2. The molecule has 1 saturated heterocycles. The van der Waals surface area contributed by atoms with E-state index in [4.69, 9.17) is 4.74 Å². The van der Waals surface area contributed by atoms with Crippen molar-refractivity contribution in [3.63, 3.8) is 0 Å². The van der Waals surface area contributed by atoms with E-state index in [0.717, 1.165) is 19.1 Å². The van der Waals surface area contributed by atoms with Crippen LogP contribution in [-0.4, -0.2) is 19.7 Å². The smallest absolute Gasteiger partial charge is 0.0716 e. The monoisotopic (exact) mass is 233 g/mol. The third-order valence-electron chi connectivity index (χ3n) is 3.41. The highest BCUT2D eigenvalue weighted by Gasteiger charge is 2.11. The van der Waals surface area contributed by atoms with E-state index in [0.29, 0.717) is 0 Å². The number of hydrogen-bond acceptors (Lipinski definition) is 2. The molecule has 0 spiro atoms. The molecule has 1 aliphatic heterocycles. The van der Waals surface area contributed by atoms with Crippen LogP contribution in [0.5, 0.6) is 0 Å². The zero-order valence-corrected chi connectivity index (χ0v) is 10.5. The Morgan fingerprint density at radius 1 is 1.24 bits per heavy atom. The molecule has 1 aliphatic rings. The van der Waals surface area contributed by atoms with Gasteiger partial charge in [0.15, 0.2) is 0 Å². The van der Waals surface area contributed by atoms with Gasteiger partial charge in [0.2, 0.25) is 0 Å². The number of benzene rings is 1. The van der Waals surface area contributed by atoms with Crippen molar-refractivity contribution in [2.75, 3.05) is 19.7 Å². The molecule has 2 rings (SSSR count). The molecule has 0 aliphatic carbocycles. The lowest BCUT2D eigenvalue weighted by Crippen LogP contribution is -2.29. The van der Waals surface area contributed by atoms with Gasteiger partial charge in [-0.15, -0.1) is 0 Å². The van der Waals surface area contributed by atoms with Crippen molar-refractivity contribution in [1.82, 2.24) is 5.32 Å². The number of ether oxygens (including phenoxy) is 1. The second-order valence-corrected chi connectivity index (χ2v) is 4.89. The molecule has 1 heterocycles. The predicted molar refractivity (Wildman–Crippen MR) is 70.9 cm³/mol. The fraction of sp³-hybridized carbons (Fsp3) is 0.600. The second-order valence-electron chi connectivity index (χ2n) is 4.89. The maximum Gasteiger partial charge on any atom is 0.0716 e. The quantitative estimate of drug-likeness (QED) is 0.763. The maximum atomic E-state index is 5.69. The molecular formula is C15H23NO. The minimum absolute atomic E-state index is 0.754. The molecule has 0 aromatic heterocycles. The highest BCUT2D eigenvalue weighted by atomic mass is 16.5. The van der Waals surface area contributed by atoms with Crippen LogP contribution in [0.2, 0.25) is 0 Å². The van der Waals surface area contributed by atoms with Crippen LogP contribution >= 0.6 is 0 Å². The van der Waals surface area contributed by atoms with Crippen LogP contribution < -0.4 is 5.32 Å². The Balaban J connectivity index is 1.51. The summed E-state index contributed by atoms with van der Waals surface area (Å²) in [7, 11) is 0. The minimum Gasteiger partial charge on any atom is -0.377 e. The van der Waals surface area contributed by atoms with E-state index in [9.17, 15) is 0 Å². The Bertz CT molecular complexity index is 293. The van der Waals surface area contributed by atoms with Crippen molar-refractivity contribution >= 4 is 0 Å². The molecule has 0 bridgehead atoms. The third-order valence-corrected chi connectivity index (χ3v) is 3.41. The topological polar surface area (TPSA) is 21.3 Å². The lowest BCUT2D eigenvalue weighted by atomic mass is 9.95. The van der Waals surface area contributed by atoms with Gasteiger partial charge in [-0.3, -0.25) is 0 Å². The fourth-order valence-corrected chi connectivity index (χ4v) is 2.41. The van der Waals surface area contributed by atoms with E-state index in [-0.39, 0.29) is 0 Å². The van der Waals surface area contributed by atoms with Gasteiger partial charge in [0.1, 0.15) is 0 Å². The van der Waals surface area contributed by atoms with E-state index in [1.807, 2.05) is 6.07 Å². The van der Waals surface area contributed by atoms with E-state index in [1.165, 1.54) is 44.3 Å². The van der Waals surface area contributed by atoms with Crippen molar-refractivity contribution in [2.24, 2.45) is 5.92 Å². The summed E-state index contributed by atoms with van der Waals surface area (Å²) in [6.45, 7) is 4.06. The van der Waals surface area contributed by atoms with Gasteiger partial charge in [0.25, 0.3) is 0 Å². The molecule has 17 heavy (non-hydrogen) atoms. The van der Waals surface area contributed by atoms with Gasteiger partial charge < -0.3 is 10.1 Å². The molecule has 0 radical (unpaired) electrons. The van der Waals surface area contributed by atoms with E-state index in [1.54, 1.807) is 0 Å². The zero-order chi connectivity index (χ0) is 11.8. The second kappa shape index (κ2) is 7.46. The molecule has 1 atom stereocenters. The lowest BCUT2D eigenvalue weighted by molar-refractivity contribution is 0.112. The fourth-order valence-electron chi connectivity index (χ4n) is 2.41. The normalized spacial score (nSPS) is 20.4. The van der Waals surface area contributed by atoms with Gasteiger partial charge in [0, 0.05) is 6.61 Å². The third kappa shape index (κ3) is 4.88. The Hall–Kier alpha value is -0.860. The summed E-state index contributed by atoms with van der Waals surface area (Å²) in [5, 5.41) is 3.46. The largest absolute Gasteiger partial charge is 0.377 e.